The van der Waals surface area contributed by atoms with Crippen molar-refractivity contribution in [3.05, 3.63) is 33.4 Å². The Morgan fingerprint density at radius 2 is 1.00 bits per heavy atom. The number of nitrogens with zero attached hydrogens (tertiary/aromatic N) is 3. The zero-order valence-electron chi connectivity index (χ0n) is 13.7. The normalized spacial score (nSPS) is 9.62. The van der Waals surface area contributed by atoms with E-state index in [1.807, 2.05) is 13.8 Å². The van der Waals surface area contributed by atoms with Crippen molar-refractivity contribution in [2.75, 3.05) is 0 Å². The fourth-order valence-electron chi connectivity index (χ4n) is 3.01. The van der Waals surface area contributed by atoms with Crippen molar-refractivity contribution in [2.24, 2.45) is 15.0 Å². The van der Waals surface area contributed by atoms with Crippen LogP contribution in [0.2, 0.25) is 0 Å². The average Bonchev–Trinajstić information content (AvgIpc) is 2.61. The number of hydrogen-bond acceptors (Lipinski definition) is 6. The van der Waals surface area contributed by atoms with E-state index in [0.29, 0.717) is 4.43 Å². The third-order valence-electron chi connectivity index (χ3n) is 3.93. The Labute approximate surface area is 154 Å². The largest absolute Gasteiger partial charge is 0.235 e. The molecule has 0 aliphatic rings. The number of alkyl halides is 1. The van der Waals surface area contributed by atoms with Gasteiger partial charge in [0.25, 0.3) is 0 Å². The molecule has 126 valence electrons. The van der Waals surface area contributed by atoms with Crippen molar-refractivity contribution >= 4 is 40.8 Å². The van der Waals surface area contributed by atoms with Gasteiger partial charge in [0, 0.05) is 4.43 Å². The summed E-state index contributed by atoms with van der Waals surface area (Å²) in [5.41, 5.74) is 5.90. The Morgan fingerprint density at radius 3 is 1.25 bits per heavy atom. The van der Waals surface area contributed by atoms with E-state index in [1.165, 1.54) is 0 Å². The Balaban J connectivity index is 3.86. The molecule has 0 atom stereocenters. The van der Waals surface area contributed by atoms with Crippen LogP contribution in [0.5, 0.6) is 0 Å². The molecule has 0 bridgehead atoms. The summed E-state index contributed by atoms with van der Waals surface area (Å²) < 4.78 is 0.697. The Bertz CT molecular complexity index is 621. The summed E-state index contributed by atoms with van der Waals surface area (Å²) in [4.78, 5) is 42.9. The van der Waals surface area contributed by atoms with E-state index in [9.17, 15) is 14.4 Å². The number of rotatable bonds is 9. The topological polar surface area (TPSA) is 88.3 Å². The van der Waals surface area contributed by atoms with Crippen LogP contribution in [0.15, 0.2) is 15.0 Å². The van der Waals surface area contributed by atoms with Gasteiger partial charge in [-0.2, -0.15) is 0 Å². The summed E-state index contributed by atoms with van der Waals surface area (Å²) in [7, 11) is 0. The first kappa shape index (κ1) is 20.1. The summed E-state index contributed by atoms with van der Waals surface area (Å²) in [6, 6.07) is 0. The van der Waals surface area contributed by atoms with Crippen LogP contribution in [-0.4, -0.2) is 18.2 Å². The predicted octanol–water partition coefficient (Wildman–Crippen LogP) is 3.25. The van der Waals surface area contributed by atoms with Gasteiger partial charge in [-0.1, -0.05) is 36.4 Å². The Hall–Kier alpha value is -1.91. The van der Waals surface area contributed by atoms with Crippen LogP contribution in [-0.2, 0) is 51.3 Å². The lowest BCUT2D eigenvalue weighted by atomic mass is 9.84. The molecule has 0 radical (unpaired) electrons. The molecular formula is C17H18IN3O3. The fraction of sp³-hybridized carbons (Fsp3) is 0.471. The molecule has 0 saturated carbocycles. The summed E-state index contributed by atoms with van der Waals surface area (Å²) in [5.74, 6) is 0. The van der Waals surface area contributed by atoms with E-state index in [4.69, 9.17) is 0 Å². The van der Waals surface area contributed by atoms with E-state index in [1.54, 1.807) is 18.2 Å². The van der Waals surface area contributed by atoms with Crippen LogP contribution < -0.4 is 0 Å². The maximum Gasteiger partial charge on any atom is 0.235 e. The molecule has 1 rings (SSSR count). The van der Waals surface area contributed by atoms with Crippen LogP contribution in [0.25, 0.3) is 0 Å². The van der Waals surface area contributed by atoms with E-state index < -0.39 is 0 Å². The molecule has 0 aromatic heterocycles. The highest BCUT2D eigenvalue weighted by molar-refractivity contribution is 14.1. The minimum absolute atomic E-state index is 0.213. The first-order valence-electron chi connectivity index (χ1n) is 7.53. The molecule has 0 aliphatic heterocycles. The van der Waals surface area contributed by atoms with Crippen molar-refractivity contribution < 1.29 is 14.4 Å². The Kier molecular flexibility index (Phi) is 9.05. The quantitative estimate of drug-likeness (QED) is 0.256. The van der Waals surface area contributed by atoms with Crippen LogP contribution >= 0.6 is 22.6 Å². The van der Waals surface area contributed by atoms with Crippen molar-refractivity contribution in [3.63, 3.8) is 0 Å². The molecule has 0 unspecified atom stereocenters. The van der Waals surface area contributed by atoms with Crippen molar-refractivity contribution in [1.29, 1.82) is 0 Å². The predicted molar refractivity (Wildman–Crippen MR) is 98.4 cm³/mol. The van der Waals surface area contributed by atoms with Crippen molar-refractivity contribution in [1.82, 2.24) is 0 Å². The SMILES string of the molecule is CCc1c(CN=C=O)c(CC)c(CN=C=O)c(CI)c1CN=C=O. The maximum atomic E-state index is 10.6. The highest BCUT2D eigenvalue weighted by Gasteiger charge is 2.21. The van der Waals surface area contributed by atoms with E-state index in [-0.39, 0.29) is 19.6 Å². The van der Waals surface area contributed by atoms with Gasteiger partial charge >= 0.3 is 0 Å². The molecule has 0 aliphatic carbocycles. The van der Waals surface area contributed by atoms with E-state index in [2.05, 4.69) is 37.6 Å². The summed E-state index contributed by atoms with van der Waals surface area (Å²) in [5, 5.41) is 0. The first-order valence-corrected chi connectivity index (χ1v) is 9.06. The van der Waals surface area contributed by atoms with Gasteiger partial charge < -0.3 is 0 Å². The third kappa shape index (κ3) is 4.56. The second-order valence-corrected chi connectivity index (χ2v) is 5.70. The number of isocyanates is 3. The molecule has 0 N–H and O–H groups in total. The van der Waals surface area contributed by atoms with Gasteiger partial charge in [0.05, 0.1) is 19.6 Å². The minimum Gasteiger partial charge on any atom is -0.211 e. The first-order chi connectivity index (χ1) is 11.7. The van der Waals surface area contributed by atoms with Gasteiger partial charge in [-0.3, -0.25) is 0 Å². The molecule has 0 saturated heterocycles. The molecule has 0 heterocycles. The lowest BCUT2D eigenvalue weighted by Gasteiger charge is -2.23. The Morgan fingerprint density at radius 1 is 0.667 bits per heavy atom. The van der Waals surface area contributed by atoms with Crippen LogP contribution in [0.3, 0.4) is 0 Å². The van der Waals surface area contributed by atoms with Crippen molar-refractivity contribution in [2.45, 2.75) is 50.8 Å². The molecule has 1 aromatic rings. The molecular weight excluding hydrogens is 421 g/mol. The van der Waals surface area contributed by atoms with Crippen LogP contribution in [0.4, 0.5) is 0 Å². The molecule has 1 aromatic carbocycles. The molecule has 0 fully saturated rings. The second kappa shape index (κ2) is 10.8. The number of benzene rings is 1. The number of halogens is 1. The second-order valence-electron chi connectivity index (χ2n) is 4.93. The molecule has 7 heteroatoms. The van der Waals surface area contributed by atoms with Gasteiger partial charge in [-0.05, 0) is 46.2 Å². The van der Waals surface area contributed by atoms with Gasteiger partial charge in [0.15, 0.2) is 0 Å². The monoisotopic (exact) mass is 439 g/mol. The molecule has 0 amide bonds. The van der Waals surface area contributed by atoms with E-state index >= 15 is 0 Å². The van der Waals surface area contributed by atoms with Gasteiger partial charge in [0.2, 0.25) is 18.2 Å². The van der Waals surface area contributed by atoms with Crippen LogP contribution in [0, 0.1) is 0 Å². The third-order valence-corrected chi connectivity index (χ3v) is 4.69. The standard InChI is InChI=1S/C17H18IN3O3/c1-3-12-15(6-19-9-22)13(4-2)17(8-21-11-24)14(5-18)16(12)7-20-10-23/h3-8H2,1-2H3. The highest BCUT2D eigenvalue weighted by Crippen LogP contribution is 2.33. The minimum atomic E-state index is 0.213. The lowest BCUT2D eigenvalue weighted by molar-refractivity contribution is 0.562. The van der Waals surface area contributed by atoms with Crippen LogP contribution in [0.1, 0.15) is 47.2 Å². The van der Waals surface area contributed by atoms with Gasteiger partial charge in [0.1, 0.15) is 0 Å². The smallest absolute Gasteiger partial charge is 0.211 e. The summed E-state index contributed by atoms with van der Waals surface area (Å²) >= 11 is 2.25. The molecule has 24 heavy (non-hydrogen) atoms. The number of hydrogen-bond donors (Lipinski definition) is 0. The van der Waals surface area contributed by atoms with Gasteiger partial charge in [-0.25, -0.2) is 29.4 Å². The van der Waals surface area contributed by atoms with Gasteiger partial charge in [-0.15, -0.1) is 0 Å². The fourth-order valence-corrected chi connectivity index (χ4v) is 3.94. The zero-order chi connectivity index (χ0) is 17.9. The molecule has 6 nitrogen and oxygen atoms in total. The summed E-state index contributed by atoms with van der Waals surface area (Å²) in [6.07, 6.45) is 6.17. The maximum absolute atomic E-state index is 10.6. The number of carbonyl (C=O) groups excluding carboxylic acids is 3. The zero-order valence-corrected chi connectivity index (χ0v) is 15.8. The lowest BCUT2D eigenvalue weighted by Crippen LogP contribution is -2.12. The highest BCUT2D eigenvalue weighted by atomic mass is 127. The average molecular weight is 439 g/mol. The van der Waals surface area contributed by atoms with E-state index in [0.717, 1.165) is 46.2 Å². The number of aliphatic imine (C=N–C) groups is 3. The van der Waals surface area contributed by atoms with Crippen molar-refractivity contribution in [3.8, 4) is 0 Å². The molecule has 0 spiro atoms. The summed E-state index contributed by atoms with van der Waals surface area (Å²) in [6.45, 7) is 4.66.